The van der Waals surface area contributed by atoms with Gasteiger partial charge in [-0.15, -0.1) is 0 Å². The first-order valence-corrected chi connectivity index (χ1v) is 8.59. The molecule has 1 heterocycles. The fourth-order valence-corrected chi connectivity index (χ4v) is 3.06. The average molecular weight is 368 g/mol. The zero-order valence-electron chi connectivity index (χ0n) is 14.4. The van der Waals surface area contributed by atoms with Crippen molar-refractivity contribution in [2.75, 3.05) is 12.8 Å². The van der Waals surface area contributed by atoms with Crippen LogP contribution >= 0.6 is 11.8 Å². The van der Waals surface area contributed by atoms with E-state index in [0.29, 0.717) is 11.6 Å². The molecule has 0 aliphatic rings. The summed E-state index contributed by atoms with van der Waals surface area (Å²) < 4.78 is 5.10. The first kappa shape index (κ1) is 19.1. The van der Waals surface area contributed by atoms with Crippen molar-refractivity contribution >= 4 is 23.5 Å². The zero-order valence-corrected chi connectivity index (χ0v) is 15.2. The van der Waals surface area contributed by atoms with E-state index in [2.05, 4.69) is 10.3 Å². The van der Waals surface area contributed by atoms with Crippen molar-refractivity contribution in [2.45, 2.75) is 23.7 Å². The van der Waals surface area contributed by atoms with Crippen LogP contribution in [-0.2, 0) is 11.3 Å². The van der Waals surface area contributed by atoms with Crippen LogP contribution in [0, 0.1) is 22.7 Å². The Labute approximate surface area is 155 Å². The fraction of sp³-hybridized carbons (Fsp3) is 0.222. The number of carbonyl (C=O) groups is 1. The van der Waals surface area contributed by atoms with Crippen LogP contribution in [0.5, 0.6) is 5.75 Å². The molecule has 2 aromatic rings. The van der Waals surface area contributed by atoms with Gasteiger partial charge in [-0.3, -0.25) is 10.5 Å². The standard InChI is InChI=1S/C18H17N5O2S/c1-11(17(24)22-10-12-3-5-15(25-2)6-4-12)26-18-14(9-20)7-13(8-19)16(21)23-18/h3-7,11H,10H2,1-2H3,(H2,21,23)(H,22,24)/p+1/t11-/m1/s1. The molecule has 0 aliphatic carbocycles. The van der Waals surface area contributed by atoms with Crippen molar-refractivity contribution in [1.82, 2.24) is 5.32 Å². The number of rotatable bonds is 6. The third-order valence-electron chi connectivity index (χ3n) is 3.60. The highest BCUT2D eigenvalue weighted by atomic mass is 32.2. The van der Waals surface area contributed by atoms with E-state index in [1.54, 1.807) is 14.0 Å². The van der Waals surface area contributed by atoms with Gasteiger partial charge in [-0.05, 0) is 30.7 Å². The maximum absolute atomic E-state index is 12.3. The number of hydrogen-bond acceptors (Lipinski definition) is 6. The molecule has 4 N–H and O–H groups in total. The molecule has 1 aromatic carbocycles. The number of nitrogens with two attached hydrogens (primary N) is 1. The smallest absolute Gasteiger partial charge is 0.289 e. The predicted molar refractivity (Wildman–Crippen MR) is 97.0 cm³/mol. The van der Waals surface area contributed by atoms with E-state index in [4.69, 9.17) is 15.7 Å². The summed E-state index contributed by atoms with van der Waals surface area (Å²) in [6.45, 7) is 2.12. The second-order valence-corrected chi connectivity index (χ2v) is 6.74. The second-order valence-electron chi connectivity index (χ2n) is 5.39. The van der Waals surface area contributed by atoms with Gasteiger partial charge in [0.1, 0.15) is 29.0 Å². The first-order chi connectivity index (χ1) is 12.5. The SMILES string of the molecule is COc1ccc(CNC(=O)[C@@H](C)Sc2[nH+]c(N)c(C#N)cc2C#N)cc1. The Bertz CT molecular complexity index is 884. The van der Waals surface area contributed by atoms with Crippen LogP contribution in [0.2, 0.25) is 0 Å². The number of pyridine rings is 1. The number of methoxy groups -OCH3 is 1. The van der Waals surface area contributed by atoms with Gasteiger partial charge in [0.2, 0.25) is 5.91 Å². The van der Waals surface area contributed by atoms with E-state index in [0.717, 1.165) is 11.3 Å². The number of nitrogens with one attached hydrogen (secondary N) is 2. The third kappa shape index (κ3) is 4.65. The molecule has 1 amide bonds. The summed E-state index contributed by atoms with van der Waals surface area (Å²) >= 11 is 1.18. The lowest BCUT2D eigenvalue weighted by Crippen LogP contribution is -2.31. The molecule has 1 atom stereocenters. The summed E-state index contributed by atoms with van der Waals surface area (Å²) in [4.78, 5) is 15.1. The number of benzene rings is 1. The Morgan fingerprint density at radius 3 is 2.54 bits per heavy atom. The molecular weight excluding hydrogens is 350 g/mol. The van der Waals surface area contributed by atoms with Gasteiger partial charge in [0.25, 0.3) is 5.82 Å². The van der Waals surface area contributed by atoms with Gasteiger partial charge in [0, 0.05) is 6.54 Å². The summed E-state index contributed by atoms with van der Waals surface area (Å²) in [5.41, 5.74) is 7.17. The van der Waals surface area contributed by atoms with Crippen molar-refractivity contribution in [2.24, 2.45) is 0 Å². The molecule has 7 nitrogen and oxygen atoms in total. The minimum absolute atomic E-state index is 0.167. The number of nitrogens with zero attached hydrogens (tertiary/aromatic N) is 2. The number of ether oxygens (including phenoxy) is 1. The van der Waals surface area contributed by atoms with Gasteiger partial charge in [0.05, 0.1) is 12.4 Å². The number of H-pyrrole nitrogens is 1. The topological polar surface area (TPSA) is 126 Å². The second kappa shape index (κ2) is 8.75. The number of aromatic amines is 1. The Morgan fingerprint density at radius 2 is 1.96 bits per heavy atom. The van der Waals surface area contributed by atoms with E-state index in [1.807, 2.05) is 36.4 Å². The quantitative estimate of drug-likeness (QED) is 0.746. The molecule has 0 unspecified atom stereocenters. The molecule has 0 saturated heterocycles. The maximum Gasteiger partial charge on any atom is 0.289 e. The number of nitriles is 2. The lowest BCUT2D eigenvalue weighted by molar-refractivity contribution is -0.410. The molecule has 26 heavy (non-hydrogen) atoms. The molecule has 0 fully saturated rings. The van der Waals surface area contributed by atoms with Gasteiger partial charge in [-0.25, -0.2) is 4.98 Å². The first-order valence-electron chi connectivity index (χ1n) is 7.71. The van der Waals surface area contributed by atoms with Crippen molar-refractivity contribution in [3.8, 4) is 17.9 Å². The summed E-state index contributed by atoms with van der Waals surface area (Å²) in [5, 5.41) is 21.1. The summed E-state index contributed by atoms with van der Waals surface area (Å²) in [6, 6.07) is 12.7. The fourth-order valence-electron chi connectivity index (χ4n) is 2.12. The molecule has 0 radical (unpaired) electrons. The van der Waals surface area contributed by atoms with Crippen LogP contribution in [0.1, 0.15) is 23.6 Å². The molecule has 0 saturated carbocycles. The van der Waals surface area contributed by atoms with Gasteiger partial charge in [-0.1, -0.05) is 23.9 Å². The van der Waals surface area contributed by atoms with Crippen LogP contribution in [0.4, 0.5) is 5.82 Å². The van der Waals surface area contributed by atoms with Crippen molar-refractivity contribution in [1.29, 1.82) is 10.5 Å². The highest BCUT2D eigenvalue weighted by Gasteiger charge is 2.21. The monoisotopic (exact) mass is 368 g/mol. The maximum atomic E-state index is 12.3. The third-order valence-corrected chi connectivity index (χ3v) is 4.73. The predicted octanol–water partition coefficient (Wildman–Crippen LogP) is 1.63. The van der Waals surface area contributed by atoms with Gasteiger partial charge >= 0.3 is 0 Å². The molecule has 0 spiro atoms. The summed E-state index contributed by atoms with van der Waals surface area (Å²) in [5.74, 6) is 0.743. The van der Waals surface area contributed by atoms with E-state index in [-0.39, 0.29) is 22.9 Å². The van der Waals surface area contributed by atoms with Crippen LogP contribution in [0.25, 0.3) is 0 Å². The molecule has 0 bridgehead atoms. The molecule has 2 rings (SSSR count). The van der Waals surface area contributed by atoms with Crippen molar-refractivity contribution < 1.29 is 14.5 Å². The van der Waals surface area contributed by atoms with Crippen LogP contribution in [-0.4, -0.2) is 18.3 Å². The van der Waals surface area contributed by atoms with Gasteiger partial charge in [0.15, 0.2) is 5.03 Å². The zero-order chi connectivity index (χ0) is 19.1. The number of carbonyl (C=O) groups excluding carboxylic acids is 1. The number of hydrogen-bond donors (Lipinski definition) is 2. The lowest BCUT2D eigenvalue weighted by atomic mass is 10.2. The Hall–Kier alpha value is -3.23. The Morgan fingerprint density at radius 1 is 1.31 bits per heavy atom. The minimum Gasteiger partial charge on any atom is -0.497 e. The number of anilines is 1. The van der Waals surface area contributed by atoms with E-state index >= 15 is 0 Å². The number of amides is 1. The van der Waals surface area contributed by atoms with Gasteiger partial charge in [-0.2, -0.15) is 10.5 Å². The molecule has 1 aromatic heterocycles. The normalized spacial score (nSPS) is 11.1. The van der Waals surface area contributed by atoms with Crippen LogP contribution < -0.4 is 20.8 Å². The highest BCUT2D eigenvalue weighted by Crippen LogP contribution is 2.24. The molecule has 0 aliphatic heterocycles. The van der Waals surface area contributed by atoms with Gasteiger partial charge < -0.3 is 10.1 Å². The summed E-state index contributed by atoms with van der Waals surface area (Å²) in [6.07, 6.45) is 0. The van der Waals surface area contributed by atoms with E-state index in [1.165, 1.54) is 17.8 Å². The van der Waals surface area contributed by atoms with Crippen LogP contribution in [0.3, 0.4) is 0 Å². The molecule has 132 valence electrons. The van der Waals surface area contributed by atoms with Crippen molar-refractivity contribution in [3.05, 3.63) is 47.0 Å². The number of thioether (sulfide) groups is 1. The number of aromatic nitrogens is 1. The van der Waals surface area contributed by atoms with Crippen molar-refractivity contribution in [3.63, 3.8) is 0 Å². The minimum atomic E-state index is -0.455. The highest BCUT2D eigenvalue weighted by molar-refractivity contribution is 8.00. The van der Waals surface area contributed by atoms with E-state index in [9.17, 15) is 10.1 Å². The summed E-state index contributed by atoms with van der Waals surface area (Å²) in [7, 11) is 1.60. The molecular formula is C18H18N5O2S+. The van der Waals surface area contributed by atoms with E-state index < -0.39 is 5.25 Å². The lowest BCUT2D eigenvalue weighted by Gasteiger charge is -2.12. The number of nitrogen functional groups attached to an aromatic ring is 1. The van der Waals surface area contributed by atoms with Crippen LogP contribution in [0.15, 0.2) is 35.4 Å². The molecule has 8 heteroatoms. The Kier molecular flexibility index (Phi) is 6.42. The Balaban J connectivity index is 2.01. The largest absolute Gasteiger partial charge is 0.497 e. The average Bonchev–Trinajstić information content (AvgIpc) is 2.66.